The summed E-state index contributed by atoms with van der Waals surface area (Å²) in [7, 11) is 0. The summed E-state index contributed by atoms with van der Waals surface area (Å²) < 4.78 is 6.84. The third kappa shape index (κ3) is 2.38. The fraction of sp³-hybridized carbons (Fsp3) is 0.133. The van der Waals surface area contributed by atoms with Crippen molar-refractivity contribution < 1.29 is 9.53 Å². The molecule has 0 N–H and O–H groups in total. The molecule has 20 heavy (non-hydrogen) atoms. The average Bonchev–Trinajstić information content (AvgIpc) is 2.95. The van der Waals surface area contributed by atoms with Crippen molar-refractivity contribution in [3.8, 4) is 0 Å². The van der Waals surface area contributed by atoms with Crippen molar-refractivity contribution in [2.75, 3.05) is 0 Å². The highest BCUT2D eigenvalue weighted by Crippen LogP contribution is 2.10. The van der Waals surface area contributed by atoms with Gasteiger partial charge in [-0.15, -0.1) is 0 Å². The van der Waals surface area contributed by atoms with Crippen LogP contribution in [0.1, 0.15) is 21.6 Å². The molecule has 1 aromatic carbocycles. The summed E-state index contributed by atoms with van der Waals surface area (Å²) in [6.07, 6.45) is 3.35. The Labute approximate surface area is 115 Å². The lowest BCUT2D eigenvalue weighted by atomic mass is 10.2. The number of carbonyl (C=O) groups excluding carboxylic acids is 1. The van der Waals surface area contributed by atoms with Crippen LogP contribution in [-0.4, -0.2) is 20.6 Å². The van der Waals surface area contributed by atoms with E-state index in [2.05, 4.69) is 10.1 Å². The Kier molecular flexibility index (Phi) is 3.16. The molecular weight excluding hydrogens is 254 g/mol. The number of hydrogen-bond acceptors (Lipinski definition) is 4. The maximum Gasteiger partial charge on any atom is 0.359 e. The number of fused-ring (bicyclic) bond motifs is 1. The molecule has 0 aliphatic carbocycles. The van der Waals surface area contributed by atoms with E-state index < -0.39 is 5.97 Å². The van der Waals surface area contributed by atoms with Gasteiger partial charge in [0, 0.05) is 12.4 Å². The average molecular weight is 267 g/mol. The van der Waals surface area contributed by atoms with Gasteiger partial charge >= 0.3 is 5.97 Å². The fourth-order valence-corrected chi connectivity index (χ4v) is 1.97. The number of rotatable bonds is 3. The van der Waals surface area contributed by atoms with Crippen LogP contribution in [0.15, 0.2) is 48.8 Å². The van der Waals surface area contributed by atoms with Gasteiger partial charge in [-0.2, -0.15) is 5.10 Å². The number of esters is 1. The van der Waals surface area contributed by atoms with E-state index in [1.165, 1.54) is 0 Å². The molecular formula is C15H13N3O2. The molecule has 0 saturated heterocycles. The molecule has 0 aliphatic heterocycles. The molecule has 0 saturated carbocycles. The number of imidazole rings is 1. The van der Waals surface area contributed by atoms with Gasteiger partial charge in [-0.3, -0.25) is 0 Å². The summed E-state index contributed by atoms with van der Waals surface area (Å²) in [5, 5.41) is 4.19. The van der Waals surface area contributed by atoms with Crippen molar-refractivity contribution in [3.63, 3.8) is 0 Å². The largest absolute Gasteiger partial charge is 0.456 e. The minimum absolute atomic E-state index is 0.238. The van der Waals surface area contributed by atoms with Crippen molar-refractivity contribution in [1.29, 1.82) is 0 Å². The third-order valence-corrected chi connectivity index (χ3v) is 2.96. The Morgan fingerprint density at radius 2 is 2.10 bits per heavy atom. The number of nitrogens with zero attached hydrogens (tertiary/aromatic N) is 3. The minimum atomic E-state index is -0.437. The van der Waals surface area contributed by atoms with E-state index in [0.717, 1.165) is 16.8 Å². The Hall–Kier alpha value is -2.69. The molecule has 3 rings (SSSR count). The van der Waals surface area contributed by atoms with Crippen LogP contribution >= 0.6 is 0 Å². The lowest BCUT2D eigenvalue weighted by Crippen LogP contribution is -2.10. The van der Waals surface area contributed by atoms with Gasteiger partial charge in [0.05, 0.1) is 0 Å². The number of aromatic nitrogens is 3. The maximum absolute atomic E-state index is 12.0. The van der Waals surface area contributed by atoms with E-state index >= 15 is 0 Å². The van der Waals surface area contributed by atoms with Gasteiger partial charge in [0.1, 0.15) is 6.61 Å². The van der Waals surface area contributed by atoms with Gasteiger partial charge in [0.25, 0.3) is 0 Å². The molecule has 0 bridgehead atoms. The van der Waals surface area contributed by atoms with E-state index in [4.69, 9.17) is 4.74 Å². The van der Waals surface area contributed by atoms with Crippen LogP contribution in [0.2, 0.25) is 0 Å². The van der Waals surface area contributed by atoms with E-state index in [9.17, 15) is 4.79 Å². The Balaban J connectivity index is 1.78. The van der Waals surface area contributed by atoms with Crippen molar-refractivity contribution in [2.24, 2.45) is 0 Å². The lowest BCUT2D eigenvalue weighted by molar-refractivity contribution is 0.0464. The summed E-state index contributed by atoms with van der Waals surface area (Å²) in [5.41, 5.74) is 2.85. The van der Waals surface area contributed by atoms with E-state index in [1.807, 2.05) is 37.3 Å². The topological polar surface area (TPSA) is 56.5 Å². The zero-order chi connectivity index (χ0) is 13.9. The molecule has 100 valence electrons. The number of carbonyl (C=O) groups is 1. The summed E-state index contributed by atoms with van der Waals surface area (Å²) in [5.74, 6) is -0.437. The number of hydrogen-bond donors (Lipinski definition) is 0. The van der Waals surface area contributed by atoms with Gasteiger partial charge in [0.15, 0.2) is 11.3 Å². The monoisotopic (exact) mass is 267 g/mol. The first-order chi connectivity index (χ1) is 9.74. The summed E-state index contributed by atoms with van der Waals surface area (Å²) in [4.78, 5) is 16.2. The van der Waals surface area contributed by atoms with E-state index in [1.54, 1.807) is 23.0 Å². The molecule has 0 fully saturated rings. The Bertz CT molecular complexity index is 750. The predicted molar refractivity (Wildman–Crippen MR) is 73.3 cm³/mol. The molecule has 0 amide bonds. The summed E-state index contributed by atoms with van der Waals surface area (Å²) in [6.45, 7) is 2.13. The second-order valence-electron chi connectivity index (χ2n) is 4.47. The highest BCUT2D eigenvalue weighted by molar-refractivity contribution is 5.87. The van der Waals surface area contributed by atoms with Crippen LogP contribution < -0.4 is 0 Å². The summed E-state index contributed by atoms with van der Waals surface area (Å²) in [6, 6.07) is 11.2. The molecule has 0 spiro atoms. The molecule has 5 nitrogen and oxygen atoms in total. The van der Waals surface area contributed by atoms with Crippen LogP contribution in [0.3, 0.4) is 0 Å². The third-order valence-electron chi connectivity index (χ3n) is 2.96. The van der Waals surface area contributed by atoms with Gasteiger partial charge in [0.2, 0.25) is 0 Å². The van der Waals surface area contributed by atoms with Crippen molar-refractivity contribution >= 4 is 11.6 Å². The molecule has 2 heterocycles. The zero-order valence-electron chi connectivity index (χ0n) is 11.0. The maximum atomic E-state index is 12.0. The fourth-order valence-electron chi connectivity index (χ4n) is 1.97. The van der Waals surface area contributed by atoms with Gasteiger partial charge < -0.3 is 4.74 Å². The first-order valence-electron chi connectivity index (χ1n) is 6.26. The van der Waals surface area contributed by atoms with Crippen molar-refractivity contribution in [3.05, 3.63) is 65.6 Å². The molecule has 5 heteroatoms. The molecule has 0 radical (unpaired) electrons. The molecule has 0 aliphatic rings. The molecule has 3 aromatic rings. The number of benzene rings is 1. The van der Waals surface area contributed by atoms with E-state index in [0.29, 0.717) is 0 Å². The quantitative estimate of drug-likeness (QED) is 0.684. The zero-order valence-corrected chi connectivity index (χ0v) is 11.0. The first kappa shape index (κ1) is 12.3. The highest BCUT2D eigenvalue weighted by Gasteiger charge is 2.12. The molecule has 0 unspecified atom stereocenters. The molecule has 0 atom stereocenters. The molecule has 2 aromatic heterocycles. The van der Waals surface area contributed by atoms with Crippen LogP contribution in [-0.2, 0) is 11.3 Å². The normalized spacial score (nSPS) is 10.7. The van der Waals surface area contributed by atoms with Crippen molar-refractivity contribution in [1.82, 2.24) is 14.6 Å². The van der Waals surface area contributed by atoms with Gasteiger partial charge in [-0.1, -0.05) is 30.3 Å². The minimum Gasteiger partial charge on any atom is -0.456 e. The van der Waals surface area contributed by atoms with Crippen LogP contribution in [0.25, 0.3) is 5.65 Å². The second kappa shape index (κ2) is 5.13. The predicted octanol–water partition coefficient (Wildman–Crippen LogP) is 2.39. The Morgan fingerprint density at radius 1 is 1.30 bits per heavy atom. The van der Waals surface area contributed by atoms with Gasteiger partial charge in [-0.05, 0) is 24.1 Å². The SMILES string of the molecule is Cc1cc(C(=O)OCc2ccccc2)nn2ccnc12. The smallest absolute Gasteiger partial charge is 0.359 e. The lowest BCUT2D eigenvalue weighted by Gasteiger charge is -2.06. The van der Waals surface area contributed by atoms with Crippen molar-refractivity contribution in [2.45, 2.75) is 13.5 Å². The van der Waals surface area contributed by atoms with Crippen LogP contribution in [0, 0.1) is 6.92 Å². The van der Waals surface area contributed by atoms with Gasteiger partial charge in [-0.25, -0.2) is 14.3 Å². The second-order valence-corrected chi connectivity index (χ2v) is 4.47. The Morgan fingerprint density at radius 3 is 2.90 bits per heavy atom. The first-order valence-corrected chi connectivity index (χ1v) is 6.26. The summed E-state index contributed by atoms with van der Waals surface area (Å²) >= 11 is 0. The van der Waals surface area contributed by atoms with Crippen LogP contribution in [0.5, 0.6) is 0 Å². The van der Waals surface area contributed by atoms with Crippen LogP contribution in [0.4, 0.5) is 0 Å². The standard InChI is InChI=1S/C15H13N3O2/c1-11-9-13(17-18-8-7-16-14(11)18)15(19)20-10-12-5-3-2-4-6-12/h2-9H,10H2,1H3. The van der Waals surface area contributed by atoms with E-state index in [-0.39, 0.29) is 12.3 Å². The highest BCUT2D eigenvalue weighted by atomic mass is 16.5. The number of aryl methyl sites for hydroxylation is 1. The number of ether oxygens (including phenoxy) is 1.